The predicted molar refractivity (Wildman–Crippen MR) is 135 cm³/mol. The van der Waals surface area contributed by atoms with Crippen molar-refractivity contribution in [1.82, 2.24) is 9.99 Å². The van der Waals surface area contributed by atoms with Gasteiger partial charge in [-0.2, -0.15) is 0 Å². The Kier molecular flexibility index (Phi) is 6.91. The number of ether oxygens (including phenoxy) is 2. The fourth-order valence-electron chi connectivity index (χ4n) is 4.13. The van der Waals surface area contributed by atoms with E-state index in [1.54, 1.807) is 23.0 Å². The van der Waals surface area contributed by atoms with E-state index in [1.807, 2.05) is 60.7 Å². The van der Waals surface area contributed by atoms with Crippen molar-refractivity contribution in [3.63, 3.8) is 0 Å². The zero-order valence-electron chi connectivity index (χ0n) is 18.3. The lowest BCUT2D eigenvalue weighted by atomic mass is 10.2. The summed E-state index contributed by atoms with van der Waals surface area (Å²) in [6.45, 7) is 3.77. The fraction of sp³-hybridized carbons (Fsp3) is 0.231. The van der Waals surface area contributed by atoms with Crippen LogP contribution in [0.5, 0.6) is 0 Å². The molecular weight excluding hydrogens is 451 g/mol. The highest BCUT2D eigenvalue weighted by molar-refractivity contribution is 7.68. The Morgan fingerprint density at radius 3 is 2.03 bits per heavy atom. The average Bonchev–Trinajstić information content (AvgIpc) is 3.40. The fourth-order valence-corrected chi connectivity index (χ4v) is 6.81. The smallest absolute Gasteiger partial charge is 0.198 e. The third-order valence-electron chi connectivity index (χ3n) is 5.84. The molecule has 0 aliphatic carbocycles. The van der Waals surface area contributed by atoms with Gasteiger partial charge in [0.05, 0.1) is 19.3 Å². The minimum Gasteiger partial charge on any atom is -0.456 e. The van der Waals surface area contributed by atoms with Crippen LogP contribution in [0.1, 0.15) is 22.0 Å². The van der Waals surface area contributed by atoms with Crippen molar-refractivity contribution in [2.75, 3.05) is 32.8 Å². The lowest BCUT2D eigenvalue weighted by Gasteiger charge is -2.35. The van der Waals surface area contributed by atoms with Crippen LogP contribution in [0.3, 0.4) is 0 Å². The van der Waals surface area contributed by atoms with Crippen LogP contribution in [-0.4, -0.2) is 37.7 Å². The first-order chi connectivity index (χ1) is 16.2. The summed E-state index contributed by atoms with van der Waals surface area (Å²) in [7, 11) is -3.02. The highest BCUT2D eigenvalue weighted by Crippen LogP contribution is 2.53. The minimum atomic E-state index is -3.02. The van der Waals surface area contributed by atoms with E-state index in [1.165, 1.54) is 4.88 Å². The molecule has 3 heterocycles. The van der Waals surface area contributed by atoms with Crippen LogP contribution in [0.4, 0.5) is 0 Å². The van der Waals surface area contributed by atoms with Crippen LogP contribution in [-0.2, 0) is 14.0 Å². The number of nitrogens with zero attached hydrogens (tertiary/aromatic N) is 1. The highest BCUT2D eigenvalue weighted by atomic mass is 32.1. The summed E-state index contributed by atoms with van der Waals surface area (Å²) in [4.78, 5) is 3.68. The maximum atomic E-state index is 14.2. The quantitative estimate of drug-likeness (QED) is 0.421. The largest absolute Gasteiger partial charge is 0.456 e. The maximum Gasteiger partial charge on any atom is 0.198 e. The second kappa shape index (κ2) is 10.2. The number of hydrogen-bond acceptors (Lipinski definition) is 5. The summed E-state index contributed by atoms with van der Waals surface area (Å²) >= 11 is 1.74. The Bertz CT molecular complexity index is 1100. The molecule has 1 saturated heterocycles. The van der Waals surface area contributed by atoms with E-state index < -0.39 is 7.29 Å². The SMILES string of the molecule is O=P1(NC[C@H](c2cccs2)N2CCOCC2)C=C(c2ccccc2)OC(c2ccccc2)=C1. The first-order valence-electron chi connectivity index (χ1n) is 11.1. The summed E-state index contributed by atoms with van der Waals surface area (Å²) in [5.74, 6) is 4.76. The number of hydrogen-bond donors (Lipinski definition) is 1. The van der Waals surface area contributed by atoms with Gasteiger partial charge in [0.2, 0.25) is 0 Å². The zero-order valence-corrected chi connectivity index (χ0v) is 20.0. The molecular formula is C26H27N2O3PS. The van der Waals surface area contributed by atoms with Crippen molar-refractivity contribution in [3.05, 3.63) is 106 Å². The van der Waals surface area contributed by atoms with Gasteiger partial charge < -0.3 is 9.47 Å². The standard InChI is InChI=1S/C26H27N2O3PS/c29-32(27-18-23(26-12-7-17-33-26)28-13-15-30-16-14-28)19-24(21-8-3-1-4-9-21)31-25(20-32)22-10-5-2-6-11-22/h1-12,17,19-20,23H,13-16,18H2,(H,27,29)/t23-/m1/s1. The van der Waals surface area contributed by atoms with Gasteiger partial charge in [-0.05, 0) is 11.4 Å². The van der Waals surface area contributed by atoms with Crippen LogP contribution in [0.2, 0.25) is 0 Å². The first-order valence-corrected chi connectivity index (χ1v) is 13.9. The third kappa shape index (κ3) is 5.37. The summed E-state index contributed by atoms with van der Waals surface area (Å²) in [5, 5.41) is 5.53. The van der Waals surface area contributed by atoms with Crippen LogP contribution >= 0.6 is 18.6 Å². The summed E-state index contributed by atoms with van der Waals surface area (Å²) < 4.78 is 26.0. The molecule has 0 unspecified atom stereocenters. The van der Waals surface area contributed by atoms with Crippen molar-refractivity contribution in [3.8, 4) is 0 Å². The number of thiophene rings is 1. The van der Waals surface area contributed by atoms with E-state index in [-0.39, 0.29) is 6.04 Å². The van der Waals surface area contributed by atoms with Gasteiger partial charge in [0.25, 0.3) is 0 Å². The maximum absolute atomic E-state index is 14.2. The Labute approximate surface area is 198 Å². The van der Waals surface area contributed by atoms with Gasteiger partial charge in [0.1, 0.15) is 11.5 Å². The van der Waals surface area contributed by atoms with E-state index in [0.717, 1.165) is 37.4 Å². The molecule has 2 aliphatic heterocycles. The van der Waals surface area contributed by atoms with Gasteiger partial charge in [0.15, 0.2) is 7.29 Å². The Balaban J connectivity index is 1.45. The number of morpholine rings is 1. The van der Waals surface area contributed by atoms with Crippen molar-refractivity contribution < 1.29 is 14.0 Å². The molecule has 2 aliphatic rings. The predicted octanol–water partition coefficient (Wildman–Crippen LogP) is 6.02. The van der Waals surface area contributed by atoms with Crippen molar-refractivity contribution in [2.24, 2.45) is 0 Å². The van der Waals surface area contributed by atoms with Gasteiger partial charge >= 0.3 is 0 Å². The van der Waals surface area contributed by atoms with E-state index >= 15 is 0 Å². The highest BCUT2D eigenvalue weighted by Gasteiger charge is 2.30. The van der Waals surface area contributed by atoms with E-state index in [9.17, 15) is 4.57 Å². The minimum absolute atomic E-state index is 0.143. The van der Waals surface area contributed by atoms with E-state index in [2.05, 4.69) is 27.5 Å². The second-order valence-electron chi connectivity index (χ2n) is 8.07. The zero-order chi connectivity index (χ0) is 22.5. The molecule has 33 heavy (non-hydrogen) atoms. The molecule has 0 radical (unpaired) electrons. The number of nitrogens with one attached hydrogen (secondary N) is 1. The summed E-state index contributed by atoms with van der Waals surface area (Å²) in [6, 6.07) is 24.1. The van der Waals surface area contributed by atoms with Gasteiger partial charge in [0, 0.05) is 47.3 Å². The monoisotopic (exact) mass is 478 g/mol. The van der Waals surface area contributed by atoms with Crippen molar-refractivity contribution in [1.29, 1.82) is 0 Å². The molecule has 1 N–H and O–H groups in total. The number of benzene rings is 2. The molecule has 5 rings (SSSR count). The van der Waals surface area contributed by atoms with Crippen molar-refractivity contribution in [2.45, 2.75) is 6.04 Å². The Morgan fingerprint density at radius 2 is 1.48 bits per heavy atom. The van der Waals surface area contributed by atoms with Crippen molar-refractivity contribution >= 4 is 30.1 Å². The molecule has 1 atom stereocenters. The molecule has 0 saturated carbocycles. The summed E-state index contributed by atoms with van der Waals surface area (Å²) in [6.07, 6.45) is 0. The number of rotatable bonds is 7. The first kappa shape index (κ1) is 22.3. The van der Waals surface area contributed by atoms with Gasteiger partial charge in [-0.15, -0.1) is 11.3 Å². The molecule has 0 amide bonds. The third-order valence-corrected chi connectivity index (χ3v) is 8.73. The lowest BCUT2D eigenvalue weighted by Crippen LogP contribution is -2.42. The van der Waals surface area contributed by atoms with Gasteiger partial charge in [-0.1, -0.05) is 66.7 Å². The normalized spacial score (nSPS) is 19.3. The van der Waals surface area contributed by atoms with Crippen LogP contribution in [0, 0.1) is 0 Å². The summed E-state index contributed by atoms with van der Waals surface area (Å²) in [5.41, 5.74) is 1.81. The Hall–Kier alpha value is -2.47. The van der Waals surface area contributed by atoms with E-state index in [4.69, 9.17) is 9.47 Å². The van der Waals surface area contributed by atoms with Gasteiger partial charge in [-0.3, -0.25) is 14.6 Å². The average molecular weight is 479 g/mol. The molecule has 3 aromatic rings. The second-order valence-corrected chi connectivity index (χ2v) is 11.3. The molecule has 170 valence electrons. The van der Waals surface area contributed by atoms with Crippen LogP contribution < -0.4 is 5.09 Å². The Morgan fingerprint density at radius 1 is 0.879 bits per heavy atom. The molecule has 0 bridgehead atoms. The molecule has 1 aromatic heterocycles. The van der Waals surface area contributed by atoms with Crippen LogP contribution in [0.15, 0.2) is 89.8 Å². The topological polar surface area (TPSA) is 50.8 Å². The molecule has 1 fully saturated rings. The lowest BCUT2D eigenvalue weighted by molar-refractivity contribution is 0.0179. The van der Waals surface area contributed by atoms with E-state index in [0.29, 0.717) is 18.1 Å². The molecule has 5 nitrogen and oxygen atoms in total. The van der Waals surface area contributed by atoms with Gasteiger partial charge in [-0.25, -0.2) is 0 Å². The molecule has 7 heteroatoms. The molecule has 2 aromatic carbocycles. The van der Waals surface area contributed by atoms with Crippen LogP contribution in [0.25, 0.3) is 11.5 Å². The molecule has 0 spiro atoms.